The molecular formula is C12H15Cl2N. The van der Waals surface area contributed by atoms with Gasteiger partial charge in [-0.3, -0.25) is 0 Å². The lowest BCUT2D eigenvalue weighted by molar-refractivity contribution is 0.332. The number of hydrogen-bond acceptors (Lipinski definition) is 1. The molecule has 1 nitrogen and oxygen atoms in total. The fraction of sp³-hybridized carbons (Fsp3) is 0.500. The third-order valence-electron chi connectivity index (χ3n) is 3.05. The smallest absolute Gasteiger partial charge is 0.0456 e. The SMILES string of the molecule is C[C@H]1CN(C)CCc2c(Cl)cc(Cl)cc21. The first kappa shape index (κ1) is 11.3. The molecule has 1 atom stereocenters. The molecule has 0 N–H and O–H groups in total. The van der Waals surface area contributed by atoms with Gasteiger partial charge in [0.05, 0.1) is 0 Å². The largest absolute Gasteiger partial charge is 0.305 e. The van der Waals surface area contributed by atoms with Crippen LogP contribution in [0.1, 0.15) is 24.0 Å². The molecule has 0 saturated carbocycles. The molecule has 3 heteroatoms. The normalized spacial score (nSPS) is 22.3. The lowest BCUT2D eigenvalue weighted by Gasteiger charge is -2.17. The van der Waals surface area contributed by atoms with Crippen LogP contribution in [0.5, 0.6) is 0 Å². The molecule has 0 fully saturated rings. The van der Waals surface area contributed by atoms with Gasteiger partial charge in [-0.15, -0.1) is 0 Å². The molecule has 1 heterocycles. The van der Waals surface area contributed by atoms with Gasteiger partial charge < -0.3 is 4.90 Å². The topological polar surface area (TPSA) is 3.24 Å². The standard InChI is InChI=1S/C12H15Cl2N/c1-8-7-15(2)4-3-10-11(8)5-9(13)6-12(10)14/h5-6,8H,3-4,7H2,1-2H3/t8-/m0/s1. The third-order valence-corrected chi connectivity index (χ3v) is 3.61. The van der Waals surface area contributed by atoms with Gasteiger partial charge in [-0.05, 0) is 42.6 Å². The summed E-state index contributed by atoms with van der Waals surface area (Å²) < 4.78 is 0. The molecule has 0 unspecified atom stereocenters. The van der Waals surface area contributed by atoms with E-state index in [1.165, 1.54) is 11.1 Å². The van der Waals surface area contributed by atoms with Crippen LogP contribution in [0, 0.1) is 0 Å². The number of fused-ring (bicyclic) bond motifs is 1. The van der Waals surface area contributed by atoms with Crippen molar-refractivity contribution in [2.75, 3.05) is 20.1 Å². The Hall–Kier alpha value is -0.240. The van der Waals surface area contributed by atoms with Crippen LogP contribution in [0.3, 0.4) is 0 Å². The second-order valence-electron chi connectivity index (χ2n) is 4.37. The van der Waals surface area contributed by atoms with Crippen LogP contribution in [-0.4, -0.2) is 25.0 Å². The van der Waals surface area contributed by atoms with Crippen molar-refractivity contribution in [1.82, 2.24) is 4.90 Å². The first-order chi connectivity index (χ1) is 7.08. The van der Waals surface area contributed by atoms with Gasteiger partial charge in [0.25, 0.3) is 0 Å². The van der Waals surface area contributed by atoms with E-state index in [1.807, 2.05) is 6.07 Å². The highest BCUT2D eigenvalue weighted by Crippen LogP contribution is 2.32. The highest BCUT2D eigenvalue weighted by molar-refractivity contribution is 6.35. The van der Waals surface area contributed by atoms with Crippen LogP contribution < -0.4 is 0 Å². The number of rotatable bonds is 0. The number of halogens is 2. The Morgan fingerprint density at radius 1 is 1.33 bits per heavy atom. The van der Waals surface area contributed by atoms with Gasteiger partial charge in [0.1, 0.15) is 0 Å². The number of hydrogen-bond donors (Lipinski definition) is 0. The number of nitrogens with zero attached hydrogens (tertiary/aromatic N) is 1. The average Bonchev–Trinajstić information content (AvgIpc) is 2.27. The van der Waals surface area contributed by atoms with Gasteiger partial charge in [0.2, 0.25) is 0 Å². The van der Waals surface area contributed by atoms with Crippen LogP contribution in [0.4, 0.5) is 0 Å². The second kappa shape index (κ2) is 4.32. The minimum Gasteiger partial charge on any atom is -0.305 e. The molecule has 15 heavy (non-hydrogen) atoms. The molecule has 0 spiro atoms. The Morgan fingerprint density at radius 2 is 2.07 bits per heavy atom. The van der Waals surface area contributed by atoms with Crippen molar-refractivity contribution in [3.05, 3.63) is 33.3 Å². The van der Waals surface area contributed by atoms with Crippen LogP contribution in [0.2, 0.25) is 10.0 Å². The van der Waals surface area contributed by atoms with Gasteiger partial charge in [0, 0.05) is 23.1 Å². The number of likely N-dealkylation sites (N-methyl/N-ethyl adjacent to an activating group) is 1. The van der Waals surface area contributed by atoms with E-state index in [0.717, 1.165) is 29.6 Å². The fourth-order valence-corrected chi connectivity index (χ4v) is 2.89. The van der Waals surface area contributed by atoms with Gasteiger partial charge >= 0.3 is 0 Å². The van der Waals surface area contributed by atoms with Gasteiger partial charge in [-0.1, -0.05) is 30.1 Å². The molecule has 1 aliphatic heterocycles. The molecule has 1 aromatic carbocycles. The molecule has 1 aliphatic rings. The van der Waals surface area contributed by atoms with Crippen LogP contribution in [0.15, 0.2) is 12.1 Å². The molecule has 0 radical (unpaired) electrons. The summed E-state index contributed by atoms with van der Waals surface area (Å²) in [6, 6.07) is 3.91. The molecule has 0 bridgehead atoms. The summed E-state index contributed by atoms with van der Waals surface area (Å²) in [5.41, 5.74) is 2.59. The van der Waals surface area contributed by atoms with Crippen molar-refractivity contribution in [2.45, 2.75) is 19.3 Å². The summed E-state index contributed by atoms with van der Waals surface area (Å²) in [6.07, 6.45) is 1.02. The fourth-order valence-electron chi connectivity index (χ4n) is 2.29. The summed E-state index contributed by atoms with van der Waals surface area (Å²) in [5, 5.41) is 1.56. The quantitative estimate of drug-likeness (QED) is 0.674. The Morgan fingerprint density at radius 3 is 2.80 bits per heavy atom. The predicted octanol–water partition coefficient (Wildman–Crippen LogP) is 3.58. The maximum absolute atomic E-state index is 6.23. The van der Waals surface area contributed by atoms with E-state index in [4.69, 9.17) is 23.2 Å². The zero-order chi connectivity index (χ0) is 11.0. The summed E-state index contributed by atoms with van der Waals surface area (Å²) >= 11 is 12.3. The predicted molar refractivity (Wildman–Crippen MR) is 66.1 cm³/mol. The summed E-state index contributed by atoms with van der Waals surface area (Å²) in [7, 11) is 2.15. The second-order valence-corrected chi connectivity index (χ2v) is 5.21. The molecule has 82 valence electrons. The van der Waals surface area contributed by atoms with E-state index in [1.54, 1.807) is 0 Å². The zero-order valence-electron chi connectivity index (χ0n) is 9.06. The van der Waals surface area contributed by atoms with E-state index in [9.17, 15) is 0 Å². The van der Waals surface area contributed by atoms with Gasteiger partial charge in [-0.2, -0.15) is 0 Å². The van der Waals surface area contributed by atoms with Crippen molar-refractivity contribution >= 4 is 23.2 Å². The summed E-state index contributed by atoms with van der Waals surface area (Å²) in [5.74, 6) is 0.503. The third kappa shape index (κ3) is 2.30. The summed E-state index contributed by atoms with van der Waals surface area (Å²) in [6.45, 7) is 4.37. The maximum atomic E-state index is 6.23. The van der Waals surface area contributed by atoms with E-state index in [0.29, 0.717) is 5.92 Å². The number of benzene rings is 1. The molecule has 2 rings (SSSR count). The molecule has 0 aliphatic carbocycles. The van der Waals surface area contributed by atoms with Crippen molar-refractivity contribution in [1.29, 1.82) is 0 Å². The lowest BCUT2D eigenvalue weighted by atomic mass is 9.95. The van der Waals surface area contributed by atoms with Crippen LogP contribution in [-0.2, 0) is 6.42 Å². The maximum Gasteiger partial charge on any atom is 0.0456 e. The lowest BCUT2D eigenvalue weighted by Crippen LogP contribution is -2.22. The Balaban J connectivity index is 2.48. The minimum absolute atomic E-state index is 0.503. The molecule has 0 amide bonds. The van der Waals surface area contributed by atoms with Gasteiger partial charge in [-0.25, -0.2) is 0 Å². The van der Waals surface area contributed by atoms with E-state index < -0.39 is 0 Å². The monoisotopic (exact) mass is 243 g/mol. The van der Waals surface area contributed by atoms with E-state index in [2.05, 4.69) is 24.9 Å². The molecular weight excluding hydrogens is 229 g/mol. The van der Waals surface area contributed by atoms with Gasteiger partial charge in [0.15, 0.2) is 0 Å². The van der Waals surface area contributed by atoms with E-state index >= 15 is 0 Å². The van der Waals surface area contributed by atoms with Crippen molar-refractivity contribution in [3.8, 4) is 0 Å². The Bertz CT molecular complexity index is 376. The first-order valence-electron chi connectivity index (χ1n) is 5.24. The first-order valence-corrected chi connectivity index (χ1v) is 6.00. The highest BCUT2D eigenvalue weighted by Gasteiger charge is 2.20. The summed E-state index contributed by atoms with van der Waals surface area (Å²) in [4.78, 5) is 2.34. The Kier molecular flexibility index (Phi) is 3.24. The van der Waals surface area contributed by atoms with Crippen LogP contribution in [0.25, 0.3) is 0 Å². The van der Waals surface area contributed by atoms with Crippen molar-refractivity contribution in [3.63, 3.8) is 0 Å². The zero-order valence-corrected chi connectivity index (χ0v) is 10.6. The Labute approximate surface area is 101 Å². The van der Waals surface area contributed by atoms with Crippen molar-refractivity contribution in [2.24, 2.45) is 0 Å². The van der Waals surface area contributed by atoms with Crippen molar-refractivity contribution < 1.29 is 0 Å². The minimum atomic E-state index is 0.503. The average molecular weight is 244 g/mol. The van der Waals surface area contributed by atoms with Crippen LogP contribution >= 0.6 is 23.2 Å². The van der Waals surface area contributed by atoms with E-state index in [-0.39, 0.29) is 0 Å². The molecule has 0 saturated heterocycles. The highest BCUT2D eigenvalue weighted by atomic mass is 35.5. The molecule has 1 aromatic rings. The molecule has 0 aromatic heterocycles.